The van der Waals surface area contributed by atoms with Gasteiger partial charge in [0.1, 0.15) is 11.3 Å². The third-order valence-electron chi connectivity index (χ3n) is 3.75. The van der Waals surface area contributed by atoms with Crippen LogP contribution in [-0.2, 0) is 6.42 Å². The summed E-state index contributed by atoms with van der Waals surface area (Å²) in [4.78, 5) is 0. The van der Waals surface area contributed by atoms with E-state index in [-0.39, 0.29) is 0 Å². The maximum Gasteiger partial charge on any atom is 0.123 e. The maximum atomic E-state index is 9.76. The number of allylic oxidation sites excluding steroid dienone is 1. The molecule has 2 N–H and O–H groups in total. The average Bonchev–Trinajstić information content (AvgIpc) is 3.12. The summed E-state index contributed by atoms with van der Waals surface area (Å²) < 4.78 is 0. The van der Waals surface area contributed by atoms with E-state index in [1.165, 1.54) is 5.56 Å². The minimum Gasteiger partial charge on any atom is -0.507 e. The number of nitrogens with one attached hydrogen (secondary N) is 1. The van der Waals surface area contributed by atoms with Crippen molar-refractivity contribution in [1.82, 2.24) is 15.4 Å². The van der Waals surface area contributed by atoms with Crippen molar-refractivity contribution in [3.63, 3.8) is 0 Å². The Kier molecular flexibility index (Phi) is 5.22. The predicted molar refractivity (Wildman–Crippen MR) is 101 cm³/mol. The van der Waals surface area contributed by atoms with E-state index in [9.17, 15) is 5.11 Å². The Balaban J connectivity index is 0.000000170. The van der Waals surface area contributed by atoms with Gasteiger partial charge in [-0.1, -0.05) is 65.9 Å². The van der Waals surface area contributed by atoms with Crippen molar-refractivity contribution in [3.05, 3.63) is 91.0 Å². The molecule has 0 aliphatic rings. The second kappa shape index (κ2) is 7.93. The number of phenolic OH excluding ortho intramolecular Hbond substituents is 1. The van der Waals surface area contributed by atoms with Crippen LogP contribution < -0.4 is 0 Å². The zero-order valence-corrected chi connectivity index (χ0v) is 13.8. The molecule has 3 aromatic carbocycles. The molecule has 4 nitrogen and oxygen atoms in total. The van der Waals surface area contributed by atoms with Crippen molar-refractivity contribution in [2.24, 2.45) is 0 Å². The number of H-pyrrole nitrogens is 1. The molecule has 124 valence electrons. The number of benzene rings is 3. The lowest BCUT2D eigenvalue weighted by Crippen LogP contribution is -1.83. The fraction of sp³-hybridized carbons (Fsp3) is 0.0476. The minimum absolute atomic E-state index is 0.318. The van der Waals surface area contributed by atoms with Gasteiger partial charge in [-0.05, 0) is 35.7 Å². The van der Waals surface area contributed by atoms with E-state index in [0.29, 0.717) is 5.75 Å². The predicted octanol–water partition coefficient (Wildman–Crippen LogP) is 4.75. The lowest BCUT2D eigenvalue weighted by atomic mass is 10.0. The Hall–Kier alpha value is -3.40. The Morgan fingerprint density at radius 2 is 1.76 bits per heavy atom. The molecule has 0 radical (unpaired) electrons. The fourth-order valence-corrected chi connectivity index (χ4v) is 2.54. The summed E-state index contributed by atoms with van der Waals surface area (Å²) in [6, 6.07) is 23.3. The zero-order valence-electron chi connectivity index (χ0n) is 13.8. The molecule has 4 aromatic rings. The second-order valence-corrected chi connectivity index (χ2v) is 5.54. The summed E-state index contributed by atoms with van der Waals surface area (Å²) in [5.74, 6) is 0.318. The lowest BCUT2D eigenvalue weighted by molar-refractivity contribution is 0.477. The summed E-state index contributed by atoms with van der Waals surface area (Å²) in [6.07, 6.45) is 2.73. The minimum atomic E-state index is 0.318. The van der Waals surface area contributed by atoms with Crippen LogP contribution in [-0.4, -0.2) is 20.5 Å². The highest BCUT2D eigenvalue weighted by Gasteiger charge is 2.03. The normalized spacial score (nSPS) is 10.1. The molecular formula is C21H19N3O. The van der Waals surface area contributed by atoms with E-state index < -0.39 is 0 Å². The molecular weight excluding hydrogens is 310 g/mol. The van der Waals surface area contributed by atoms with Crippen molar-refractivity contribution in [2.75, 3.05) is 0 Å². The van der Waals surface area contributed by atoms with Gasteiger partial charge in [0.25, 0.3) is 0 Å². The number of nitrogens with zero attached hydrogens (tertiary/aromatic N) is 2. The number of hydrogen-bond donors (Lipinski definition) is 2. The van der Waals surface area contributed by atoms with E-state index in [0.717, 1.165) is 28.6 Å². The largest absolute Gasteiger partial charge is 0.507 e. The number of phenols is 1. The number of rotatable bonds is 3. The summed E-state index contributed by atoms with van der Waals surface area (Å²) >= 11 is 0. The molecule has 1 aromatic heterocycles. The molecule has 0 saturated carbocycles. The first kappa shape index (κ1) is 16.5. The Bertz CT molecular complexity index is 945. The van der Waals surface area contributed by atoms with Gasteiger partial charge < -0.3 is 5.11 Å². The number of aromatic amines is 1. The molecule has 0 unspecified atom stereocenters. The first-order valence-corrected chi connectivity index (χ1v) is 8.02. The summed E-state index contributed by atoms with van der Waals surface area (Å²) in [5.41, 5.74) is 5.01. The van der Waals surface area contributed by atoms with Gasteiger partial charge in [0.15, 0.2) is 0 Å². The maximum absolute atomic E-state index is 9.76. The molecule has 0 amide bonds. The van der Waals surface area contributed by atoms with Crippen molar-refractivity contribution in [2.45, 2.75) is 6.42 Å². The summed E-state index contributed by atoms with van der Waals surface area (Å²) in [5, 5.41) is 20.0. The van der Waals surface area contributed by atoms with Gasteiger partial charge in [-0.3, -0.25) is 5.10 Å². The van der Waals surface area contributed by atoms with Crippen LogP contribution in [0.2, 0.25) is 0 Å². The summed E-state index contributed by atoms with van der Waals surface area (Å²) in [6.45, 7) is 3.73. The van der Waals surface area contributed by atoms with Crippen LogP contribution >= 0.6 is 0 Å². The monoisotopic (exact) mass is 329 g/mol. The average molecular weight is 329 g/mol. The van der Waals surface area contributed by atoms with Gasteiger partial charge >= 0.3 is 0 Å². The van der Waals surface area contributed by atoms with Crippen LogP contribution in [0, 0.1) is 0 Å². The van der Waals surface area contributed by atoms with Gasteiger partial charge in [-0.15, -0.1) is 11.7 Å². The molecule has 25 heavy (non-hydrogen) atoms. The summed E-state index contributed by atoms with van der Waals surface area (Å²) in [7, 11) is 0. The molecule has 0 spiro atoms. The van der Waals surface area contributed by atoms with Crippen molar-refractivity contribution >= 4 is 11.0 Å². The third-order valence-corrected chi connectivity index (χ3v) is 3.75. The van der Waals surface area contributed by atoms with Gasteiger partial charge in [0.05, 0.1) is 5.52 Å². The first-order chi connectivity index (χ1) is 12.3. The molecule has 1 heterocycles. The zero-order chi connectivity index (χ0) is 17.5. The van der Waals surface area contributed by atoms with Crippen LogP contribution in [0.5, 0.6) is 5.75 Å². The van der Waals surface area contributed by atoms with Gasteiger partial charge in [0, 0.05) is 5.56 Å². The van der Waals surface area contributed by atoms with Crippen LogP contribution in [0.1, 0.15) is 5.56 Å². The van der Waals surface area contributed by atoms with Crippen LogP contribution in [0.4, 0.5) is 0 Å². The number of para-hydroxylation sites is 2. The van der Waals surface area contributed by atoms with E-state index in [2.05, 4.69) is 34.1 Å². The van der Waals surface area contributed by atoms with E-state index in [1.807, 2.05) is 60.7 Å². The van der Waals surface area contributed by atoms with Gasteiger partial charge in [-0.25, -0.2) is 0 Å². The molecule has 4 heteroatoms. The smallest absolute Gasteiger partial charge is 0.123 e. The van der Waals surface area contributed by atoms with Crippen molar-refractivity contribution in [3.8, 4) is 16.9 Å². The van der Waals surface area contributed by atoms with Crippen LogP contribution in [0.25, 0.3) is 22.2 Å². The van der Waals surface area contributed by atoms with E-state index in [4.69, 9.17) is 0 Å². The van der Waals surface area contributed by atoms with E-state index >= 15 is 0 Å². The highest BCUT2D eigenvalue weighted by atomic mass is 16.3. The second-order valence-electron chi connectivity index (χ2n) is 5.54. The Morgan fingerprint density at radius 3 is 2.56 bits per heavy atom. The first-order valence-electron chi connectivity index (χ1n) is 8.02. The highest BCUT2D eigenvalue weighted by molar-refractivity contribution is 5.72. The molecule has 0 fully saturated rings. The quantitative estimate of drug-likeness (QED) is 0.533. The molecule has 0 aliphatic carbocycles. The lowest BCUT2D eigenvalue weighted by Gasteiger charge is -2.06. The number of aromatic nitrogens is 3. The van der Waals surface area contributed by atoms with Crippen molar-refractivity contribution < 1.29 is 5.11 Å². The number of aromatic hydroxyl groups is 1. The number of fused-ring (bicyclic) bond motifs is 1. The van der Waals surface area contributed by atoms with Gasteiger partial charge in [-0.2, -0.15) is 0 Å². The van der Waals surface area contributed by atoms with Crippen LogP contribution in [0.15, 0.2) is 85.5 Å². The van der Waals surface area contributed by atoms with Gasteiger partial charge in [0.2, 0.25) is 0 Å². The SMILES string of the molecule is C=CCc1cccc(-c2ccccc2O)c1.c1ccc2[nH]nnc2c1. The topological polar surface area (TPSA) is 61.8 Å². The van der Waals surface area contributed by atoms with Crippen LogP contribution in [0.3, 0.4) is 0 Å². The Morgan fingerprint density at radius 1 is 0.960 bits per heavy atom. The molecule has 0 bridgehead atoms. The highest BCUT2D eigenvalue weighted by Crippen LogP contribution is 2.29. The molecule has 4 rings (SSSR count). The molecule has 0 atom stereocenters. The number of hydrogen-bond acceptors (Lipinski definition) is 3. The molecule has 0 aliphatic heterocycles. The fourth-order valence-electron chi connectivity index (χ4n) is 2.54. The standard InChI is InChI=1S/C15H14O.C6H5N3/c1-2-6-12-7-5-8-13(11-12)14-9-3-4-10-15(14)16;1-2-4-6-5(3-1)7-9-8-6/h2-5,7-11,16H,1,6H2;1-4H,(H,7,8,9). The third kappa shape index (κ3) is 4.12. The van der Waals surface area contributed by atoms with E-state index in [1.54, 1.807) is 6.07 Å². The molecule has 0 saturated heterocycles. The van der Waals surface area contributed by atoms with Crippen molar-refractivity contribution in [1.29, 1.82) is 0 Å². The Labute approximate surface area is 146 Å².